The normalized spacial score (nSPS) is 25.4. The first-order valence-corrected chi connectivity index (χ1v) is 10.7. The molecule has 140 valence electrons. The molecule has 1 N–H and O–H groups in total. The SMILES string of the molecule is O=C(O)COCC(=O)N=C1S[C@H]2CS(=O)(=O)C[C@H]2N1c1ccc(Cl)cc1. The van der Waals surface area contributed by atoms with E-state index in [0.29, 0.717) is 15.9 Å². The summed E-state index contributed by atoms with van der Waals surface area (Å²) in [4.78, 5) is 28.1. The predicted molar refractivity (Wildman–Crippen MR) is 98.6 cm³/mol. The molecule has 2 aliphatic rings. The van der Waals surface area contributed by atoms with Crippen molar-refractivity contribution in [3.8, 4) is 0 Å². The topological polar surface area (TPSA) is 113 Å². The van der Waals surface area contributed by atoms with Crippen LogP contribution in [0.1, 0.15) is 0 Å². The summed E-state index contributed by atoms with van der Waals surface area (Å²) in [6, 6.07) is 6.49. The van der Waals surface area contributed by atoms with Crippen LogP contribution < -0.4 is 4.90 Å². The molecule has 11 heteroatoms. The molecule has 2 fully saturated rings. The lowest BCUT2D eigenvalue weighted by Gasteiger charge is -2.24. The van der Waals surface area contributed by atoms with Crippen molar-refractivity contribution < 1.29 is 27.9 Å². The van der Waals surface area contributed by atoms with Gasteiger partial charge in [-0.1, -0.05) is 23.4 Å². The second-order valence-corrected chi connectivity index (χ2v) is 9.62. The lowest BCUT2D eigenvalue weighted by molar-refractivity contribution is -0.143. The number of thioether (sulfide) groups is 1. The lowest BCUT2D eigenvalue weighted by atomic mass is 10.2. The molecule has 2 aliphatic heterocycles. The summed E-state index contributed by atoms with van der Waals surface area (Å²) in [5, 5.41) is 9.22. The number of hydrogen-bond acceptors (Lipinski definition) is 6. The molecular weight excluding hydrogens is 404 g/mol. The van der Waals surface area contributed by atoms with Gasteiger partial charge in [-0.05, 0) is 24.3 Å². The molecule has 26 heavy (non-hydrogen) atoms. The molecule has 2 atom stereocenters. The summed E-state index contributed by atoms with van der Waals surface area (Å²) in [6.07, 6.45) is 0. The first-order valence-electron chi connectivity index (χ1n) is 7.58. The number of amides is 1. The Hall–Kier alpha value is -1.62. The average Bonchev–Trinajstić information content (AvgIpc) is 2.99. The lowest BCUT2D eigenvalue weighted by Crippen LogP contribution is -2.37. The van der Waals surface area contributed by atoms with E-state index in [0.717, 1.165) is 0 Å². The molecule has 0 aromatic heterocycles. The van der Waals surface area contributed by atoms with Gasteiger partial charge >= 0.3 is 5.97 Å². The summed E-state index contributed by atoms with van der Waals surface area (Å²) in [6.45, 7) is -1.05. The van der Waals surface area contributed by atoms with Gasteiger partial charge in [0.15, 0.2) is 15.0 Å². The Morgan fingerprint density at radius 2 is 1.96 bits per heavy atom. The average molecular weight is 419 g/mol. The molecule has 0 bridgehead atoms. The fourth-order valence-electron chi connectivity index (χ4n) is 2.83. The van der Waals surface area contributed by atoms with Gasteiger partial charge in [0.2, 0.25) is 0 Å². The number of fused-ring (bicyclic) bond motifs is 1. The Morgan fingerprint density at radius 1 is 1.27 bits per heavy atom. The van der Waals surface area contributed by atoms with E-state index in [2.05, 4.69) is 4.99 Å². The van der Waals surface area contributed by atoms with Crippen LogP contribution in [-0.2, 0) is 24.2 Å². The Balaban J connectivity index is 1.84. The minimum atomic E-state index is -3.15. The summed E-state index contributed by atoms with van der Waals surface area (Å²) >= 11 is 7.14. The number of hydrogen-bond donors (Lipinski definition) is 1. The summed E-state index contributed by atoms with van der Waals surface area (Å²) in [7, 11) is -3.15. The van der Waals surface area contributed by atoms with E-state index < -0.39 is 34.9 Å². The standard InChI is InChI=1S/C15H15ClN2O6S2/c16-9-1-3-10(4-2-9)18-11-7-26(22,23)8-12(11)25-15(18)17-13(19)5-24-6-14(20)21/h1-4,11-12H,5-8H2,(H,20,21)/t11-,12+/m1/s1. The highest BCUT2D eigenvalue weighted by molar-refractivity contribution is 8.16. The Labute approximate surface area is 159 Å². The minimum Gasteiger partial charge on any atom is -0.480 e. The number of carbonyl (C=O) groups excluding carboxylic acids is 1. The van der Waals surface area contributed by atoms with Gasteiger partial charge < -0.3 is 14.7 Å². The van der Waals surface area contributed by atoms with Crippen LogP contribution in [0.2, 0.25) is 5.02 Å². The second kappa shape index (κ2) is 7.55. The molecule has 0 aliphatic carbocycles. The van der Waals surface area contributed by atoms with Crippen LogP contribution in [0.25, 0.3) is 0 Å². The van der Waals surface area contributed by atoms with Crippen molar-refractivity contribution >= 4 is 55.9 Å². The van der Waals surface area contributed by atoms with Crippen molar-refractivity contribution in [2.24, 2.45) is 4.99 Å². The van der Waals surface area contributed by atoms with Crippen LogP contribution in [0, 0.1) is 0 Å². The Morgan fingerprint density at radius 3 is 2.62 bits per heavy atom. The van der Waals surface area contributed by atoms with E-state index in [1.807, 2.05) is 0 Å². The first-order chi connectivity index (χ1) is 12.2. The highest BCUT2D eigenvalue weighted by Crippen LogP contribution is 2.41. The quantitative estimate of drug-likeness (QED) is 0.754. The zero-order valence-electron chi connectivity index (χ0n) is 13.4. The number of aliphatic carboxylic acids is 1. The van der Waals surface area contributed by atoms with Gasteiger partial charge in [-0.3, -0.25) is 4.79 Å². The largest absolute Gasteiger partial charge is 0.480 e. The number of carboxylic acid groups (broad SMARTS) is 1. The number of ether oxygens (including phenoxy) is 1. The van der Waals surface area contributed by atoms with Crippen molar-refractivity contribution in [3.63, 3.8) is 0 Å². The number of sulfone groups is 1. The third-order valence-corrected chi connectivity index (χ3v) is 7.30. The number of amidine groups is 1. The maximum Gasteiger partial charge on any atom is 0.329 e. The molecular formula is C15H15ClN2O6S2. The maximum atomic E-state index is 12.0. The third kappa shape index (κ3) is 4.37. The highest BCUT2D eigenvalue weighted by atomic mass is 35.5. The van der Waals surface area contributed by atoms with Crippen molar-refractivity contribution in [2.45, 2.75) is 11.3 Å². The molecule has 1 aromatic carbocycles. The molecule has 8 nitrogen and oxygen atoms in total. The predicted octanol–water partition coefficient (Wildman–Crippen LogP) is 1.04. The van der Waals surface area contributed by atoms with E-state index in [4.69, 9.17) is 21.4 Å². The summed E-state index contributed by atoms with van der Waals surface area (Å²) in [5.74, 6) is -1.80. The zero-order valence-corrected chi connectivity index (χ0v) is 15.8. The molecule has 2 saturated heterocycles. The number of nitrogens with zero attached hydrogens (tertiary/aromatic N) is 2. The molecule has 0 unspecified atom stereocenters. The Kier molecular flexibility index (Phi) is 5.56. The number of anilines is 1. The number of carboxylic acids is 1. The van der Waals surface area contributed by atoms with E-state index in [9.17, 15) is 18.0 Å². The van der Waals surface area contributed by atoms with Crippen LogP contribution in [0.4, 0.5) is 5.69 Å². The summed E-state index contributed by atoms with van der Waals surface area (Å²) in [5.41, 5.74) is 0.685. The third-order valence-electron chi connectivity index (χ3n) is 3.84. The van der Waals surface area contributed by atoms with Crippen LogP contribution in [-0.4, -0.2) is 66.6 Å². The number of carbonyl (C=O) groups is 2. The van der Waals surface area contributed by atoms with Crippen LogP contribution in [0.3, 0.4) is 0 Å². The van der Waals surface area contributed by atoms with Crippen LogP contribution in [0.15, 0.2) is 29.3 Å². The second-order valence-electron chi connectivity index (χ2n) is 5.82. The molecule has 0 spiro atoms. The van der Waals surface area contributed by atoms with Crippen molar-refractivity contribution in [3.05, 3.63) is 29.3 Å². The van der Waals surface area contributed by atoms with Gasteiger partial charge in [-0.25, -0.2) is 13.2 Å². The number of halogens is 1. The van der Waals surface area contributed by atoms with Gasteiger partial charge in [-0.2, -0.15) is 4.99 Å². The van der Waals surface area contributed by atoms with Crippen LogP contribution >= 0.6 is 23.4 Å². The fraction of sp³-hybridized carbons (Fsp3) is 0.400. The van der Waals surface area contributed by atoms with Crippen molar-refractivity contribution in [2.75, 3.05) is 29.6 Å². The van der Waals surface area contributed by atoms with E-state index >= 15 is 0 Å². The van der Waals surface area contributed by atoms with Crippen molar-refractivity contribution in [1.29, 1.82) is 0 Å². The molecule has 0 radical (unpaired) electrons. The molecule has 3 rings (SSSR count). The van der Waals surface area contributed by atoms with Crippen molar-refractivity contribution in [1.82, 2.24) is 0 Å². The minimum absolute atomic E-state index is 0.0178. The van der Waals surface area contributed by atoms with Gasteiger partial charge in [0.05, 0.1) is 17.5 Å². The van der Waals surface area contributed by atoms with Crippen LogP contribution in [0.5, 0.6) is 0 Å². The zero-order chi connectivity index (χ0) is 18.9. The van der Waals surface area contributed by atoms with Gasteiger partial charge in [0.1, 0.15) is 13.2 Å². The fourth-order valence-corrected chi connectivity index (χ4v) is 6.89. The number of benzene rings is 1. The maximum absolute atomic E-state index is 12.0. The van der Waals surface area contributed by atoms with E-state index in [1.54, 1.807) is 29.2 Å². The highest BCUT2D eigenvalue weighted by Gasteiger charge is 2.49. The number of aliphatic imine (C=N–C) groups is 1. The van der Waals surface area contributed by atoms with Gasteiger partial charge in [-0.15, -0.1) is 0 Å². The molecule has 1 aromatic rings. The molecule has 0 saturated carbocycles. The smallest absolute Gasteiger partial charge is 0.329 e. The van der Waals surface area contributed by atoms with E-state index in [-0.39, 0.29) is 22.8 Å². The van der Waals surface area contributed by atoms with E-state index in [1.165, 1.54) is 11.8 Å². The summed E-state index contributed by atoms with van der Waals surface area (Å²) < 4.78 is 28.7. The Bertz CT molecular complexity index is 855. The first kappa shape index (κ1) is 19.2. The van der Waals surface area contributed by atoms with Gasteiger partial charge in [0, 0.05) is 16.0 Å². The molecule has 2 heterocycles. The number of rotatable bonds is 5. The van der Waals surface area contributed by atoms with Gasteiger partial charge in [0.25, 0.3) is 5.91 Å². The monoisotopic (exact) mass is 418 g/mol. The molecule has 1 amide bonds.